The number of carbonyl (C=O) groups excluding carboxylic acids is 1. The summed E-state index contributed by atoms with van der Waals surface area (Å²) in [4.78, 5) is 42.1. The van der Waals surface area contributed by atoms with Crippen molar-refractivity contribution in [3.63, 3.8) is 0 Å². The Morgan fingerprint density at radius 1 is 1.32 bits per heavy atom. The fourth-order valence-corrected chi connectivity index (χ4v) is 2.92. The van der Waals surface area contributed by atoms with E-state index in [4.69, 9.17) is 0 Å². The van der Waals surface area contributed by atoms with Gasteiger partial charge in [0.2, 0.25) is 0 Å². The molecule has 2 rings (SSSR count). The molecule has 1 amide bonds. The molecule has 0 saturated heterocycles. The maximum atomic E-state index is 12.6. The molecular formula is C14H18N4O3S. The van der Waals surface area contributed by atoms with Gasteiger partial charge < -0.3 is 4.90 Å². The van der Waals surface area contributed by atoms with Crippen LogP contribution in [0.2, 0.25) is 0 Å². The van der Waals surface area contributed by atoms with Crippen LogP contribution in [0.4, 0.5) is 0 Å². The van der Waals surface area contributed by atoms with Crippen molar-refractivity contribution in [1.29, 1.82) is 0 Å². The van der Waals surface area contributed by atoms with E-state index in [-0.39, 0.29) is 11.7 Å². The highest BCUT2D eigenvalue weighted by molar-refractivity contribution is 7.09. The topological polar surface area (TPSA) is 77.2 Å². The second-order valence-corrected chi connectivity index (χ2v) is 6.08. The predicted molar refractivity (Wildman–Crippen MR) is 84.3 cm³/mol. The van der Waals surface area contributed by atoms with E-state index >= 15 is 0 Å². The number of carbonyl (C=O) groups is 1. The van der Waals surface area contributed by atoms with Crippen LogP contribution in [-0.2, 0) is 14.1 Å². The maximum absolute atomic E-state index is 12.6. The van der Waals surface area contributed by atoms with E-state index in [0.29, 0.717) is 0 Å². The molecule has 0 aliphatic rings. The van der Waals surface area contributed by atoms with Crippen molar-refractivity contribution in [2.24, 2.45) is 14.1 Å². The molecule has 22 heavy (non-hydrogen) atoms. The summed E-state index contributed by atoms with van der Waals surface area (Å²) in [6, 6.07) is 0.936. The number of rotatable bonds is 3. The lowest BCUT2D eigenvalue weighted by Crippen LogP contribution is -2.42. The number of amides is 1. The van der Waals surface area contributed by atoms with E-state index < -0.39 is 17.2 Å². The Labute approximate surface area is 131 Å². The normalized spacial score (nSPS) is 12.2. The Bertz CT molecular complexity index is 833. The minimum absolute atomic E-state index is 0.0655. The average Bonchev–Trinajstić information content (AvgIpc) is 2.93. The third kappa shape index (κ3) is 2.74. The van der Waals surface area contributed by atoms with Gasteiger partial charge in [-0.2, -0.15) is 0 Å². The molecule has 0 aliphatic carbocycles. The molecule has 0 aromatic carbocycles. The number of nitrogens with zero attached hydrogens (tertiary/aromatic N) is 4. The molecule has 8 heteroatoms. The zero-order valence-corrected chi connectivity index (χ0v) is 14.0. The molecule has 0 bridgehead atoms. The van der Waals surface area contributed by atoms with E-state index in [0.717, 1.165) is 15.3 Å². The molecule has 0 aliphatic heterocycles. The Hall–Kier alpha value is -2.22. The van der Waals surface area contributed by atoms with Crippen LogP contribution in [0.5, 0.6) is 0 Å². The fourth-order valence-electron chi connectivity index (χ4n) is 2.02. The summed E-state index contributed by atoms with van der Waals surface area (Å²) >= 11 is 1.47. The van der Waals surface area contributed by atoms with Gasteiger partial charge >= 0.3 is 5.69 Å². The van der Waals surface area contributed by atoms with Crippen molar-refractivity contribution < 1.29 is 4.79 Å². The molecule has 2 heterocycles. The average molecular weight is 322 g/mol. The van der Waals surface area contributed by atoms with Crippen LogP contribution in [0, 0.1) is 6.92 Å². The van der Waals surface area contributed by atoms with Crippen LogP contribution in [0.1, 0.15) is 34.2 Å². The highest BCUT2D eigenvalue weighted by atomic mass is 32.1. The van der Waals surface area contributed by atoms with Gasteiger partial charge in [0, 0.05) is 38.3 Å². The van der Waals surface area contributed by atoms with Gasteiger partial charge in [0.05, 0.1) is 6.04 Å². The molecule has 0 unspecified atom stereocenters. The zero-order chi connectivity index (χ0) is 16.6. The van der Waals surface area contributed by atoms with Crippen LogP contribution in [0.3, 0.4) is 0 Å². The number of hydrogen-bond acceptors (Lipinski definition) is 5. The fraction of sp³-hybridized carbons (Fsp3) is 0.429. The Balaban J connectivity index is 2.40. The molecule has 0 saturated carbocycles. The smallest absolute Gasteiger partial charge is 0.331 e. The Kier molecular flexibility index (Phi) is 4.32. The Morgan fingerprint density at radius 3 is 2.50 bits per heavy atom. The Morgan fingerprint density at radius 2 is 1.95 bits per heavy atom. The molecule has 2 aromatic rings. The third-order valence-corrected chi connectivity index (χ3v) is 4.77. The van der Waals surface area contributed by atoms with Crippen molar-refractivity contribution in [1.82, 2.24) is 19.0 Å². The van der Waals surface area contributed by atoms with Gasteiger partial charge in [-0.1, -0.05) is 0 Å². The van der Waals surface area contributed by atoms with Crippen LogP contribution in [-0.4, -0.2) is 32.0 Å². The van der Waals surface area contributed by atoms with Gasteiger partial charge in [-0.15, -0.1) is 11.3 Å². The lowest BCUT2D eigenvalue weighted by atomic mass is 10.2. The van der Waals surface area contributed by atoms with E-state index in [1.807, 2.05) is 19.2 Å². The first-order valence-corrected chi connectivity index (χ1v) is 7.58. The summed E-state index contributed by atoms with van der Waals surface area (Å²) in [7, 11) is 4.48. The summed E-state index contributed by atoms with van der Waals surface area (Å²) in [5, 5.41) is 2.72. The largest absolute Gasteiger partial charge is 0.331 e. The van der Waals surface area contributed by atoms with Crippen LogP contribution >= 0.6 is 11.3 Å². The minimum Gasteiger partial charge on any atom is -0.331 e. The molecule has 118 valence electrons. The number of thiazole rings is 1. The van der Waals surface area contributed by atoms with Crippen molar-refractivity contribution in [3.8, 4) is 0 Å². The van der Waals surface area contributed by atoms with Gasteiger partial charge in [0.15, 0.2) is 0 Å². The lowest BCUT2D eigenvalue weighted by molar-refractivity contribution is 0.0730. The molecule has 1 atom stereocenters. The number of aryl methyl sites for hydroxylation is 1. The number of hydrogen-bond donors (Lipinski definition) is 0. The van der Waals surface area contributed by atoms with Gasteiger partial charge in [-0.3, -0.25) is 18.7 Å². The molecule has 0 spiro atoms. The molecule has 7 nitrogen and oxygen atoms in total. The van der Waals surface area contributed by atoms with Crippen molar-refractivity contribution in [2.45, 2.75) is 19.9 Å². The molecular weight excluding hydrogens is 304 g/mol. The monoisotopic (exact) mass is 322 g/mol. The van der Waals surface area contributed by atoms with E-state index in [1.54, 1.807) is 7.05 Å². The van der Waals surface area contributed by atoms with Crippen LogP contribution in [0.15, 0.2) is 21.0 Å². The van der Waals surface area contributed by atoms with Gasteiger partial charge in [-0.25, -0.2) is 9.78 Å². The van der Waals surface area contributed by atoms with Gasteiger partial charge in [0.25, 0.3) is 11.5 Å². The second kappa shape index (κ2) is 5.88. The highest BCUT2D eigenvalue weighted by Gasteiger charge is 2.24. The molecule has 2 aromatic heterocycles. The van der Waals surface area contributed by atoms with Gasteiger partial charge in [0.1, 0.15) is 10.7 Å². The van der Waals surface area contributed by atoms with Crippen molar-refractivity contribution in [3.05, 3.63) is 48.7 Å². The van der Waals surface area contributed by atoms with Crippen molar-refractivity contribution >= 4 is 17.2 Å². The highest BCUT2D eigenvalue weighted by Crippen LogP contribution is 2.23. The molecule has 0 radical (unpaired) electrons. The summed E-state index contributed by atoms with van der Waals surface area (Å²) in [5.74, 6) is -0.391. The number of aromatic nitrogens is 3. The first kappa shape index (κ1) is 16.2. The van der Waals surface area contributed by atoms with Crippen LogP contribution in [0.25, 0.3) is 0 Å². The standard InChI is InChI=1S/C14H18N4O3S/c1-8-7-22-12(15-8)9(2)16(3)13(20)10-6-11(19)18(5)14(21)17(10)4/h6-7,9H,1-5H3/t9-/m1/s1. The summed E-state index contributed by atoms with van der Waals surface area (Å²) < 4.78 is 2.14. The first-order valence-electron chi connectivity index (χ1n) is 6.70. The summed E-state index contributed by atoms with van der Waals surface area (Å²) in [6.07, 6.45) is 0. The maximum Gasteiger partial charge on any atom is 0.331 e. The second-order valence-electron chi connectivity index (χ2n) is 5.19. The van der Waals surface area contributed by atoms with E-state index in [9.17, 15) is 14.4 Å². The van der Waals surface area contributed by atoms with Gasteiger partial charge in [-0.05, 0) is 13.8 Å². The van der Waals surface area contributed by atoms with E-state index in [2.05, 4.69) is 4.98 Å². The molecule has 0 N–H and O–H groups in total. The lowest BCUT2D eigenvalue weighted by Gasteiger charge is -2.24. The van der Waals surface area contributed by atoms with Crippen LogP contribution < -0.4 is 11.2 Å². The predicted octanol–water partition coefficient (Wildman–Crippen LogP) is 0.682. The zero-order valence-electron chi connectivity index (χ0n) is 13.2. The minimum atomic E-state index is -0.526. The first-order chi connectivity index (χ1) is 10.2. The summed E-state index contributed by atoms with van der Waals surface area (Å²) in [5.41, 5.74) is -0.0657. The third-order valence-electron chi connectivity index (χ3n) is 3.64. The SMILES string of the molecule is Cc1csc([C@@H](C)N(C)C(=O)c2cc(=O)n(C)c(=O)n2C)n1. The van der Waals surface area contributed by atoms with E-state index in [1.165, 1.54) is 41.0 Å². The molecule has 0 fully saturated rings. The van der Waals surface area contributed by atoms with Crippen molar-refractivity contribution in [2.75, 3.05) is 7.05 Å². The summed E-state index contributed by atoms with van der Waals surface area (Å²) in [6.45, 7) is 3.74. The quantitative estimate of drug-likeness (QED) is 0.833.